The summed E-state index contributed by atoms with van der Waals surface area (Å²) in [6, 6.07) is 17.0. The number of aryl methyl sites for hydroxylation is 2. The minimum Gasteiger partial charge on any atom is -0.329 e. The third-order valence-electron chi connectivity index (χ3n) is 4.44. The van der Waals surface area contributed by atoms with Gasteiger partial charge < -0.3 is 5.73 Å². The molecule has 4 heteroatoms. The summed E-state index contributed by atoms with van der Waals surface area (Å²) in [6.45, 7) is 2.65. The maximum Gasteiger partial charge on any atom is 0.123 e. The Balaban J connectivity index is 1.95. The van der Waals surface area contributed by atoms with Gasteiger partial charge >= 0.3 is 0 Å². The number of aromatic nitrogens is 2. The highest BCUT2D eigenvalue weighted by Crippen LogP contribution is 2.28. The molecule has 1 unspecified atom stereocenters. The van der Waals surface area contributed by atoms with Gasteiger partial charge in [-0.25, -0.2) is 4.39 Å². The molecule has 1 heterocycles. The number of benzene rings is 2. The van der Waals surface area contributed by atoms with E-state index in [0.717, 1.165) is 23.4 Å². The fourth-order valence-corrected chi connectivity index (χ4v) is 2.98. The van der Waals surface area contributed by atoms with E-state index in [1.54, 1.807) is 12.1 Å². The monoisotopic (exact) mass is 323 g/mol. The first-order valence-corrected chi connectivity index (χ1v) is 8.21. The SMILES string of the molecule is CCc1ccc(C(CN)c2cc(-c3ccc(F)cc3)nn2C)cc1. The summed E-state index contributed by atoms with van der Waals surface area (Å²) in [5.74, 6) is -0.159. The second kappa shape index (κ2) is 6.97. The van der Waals surface area contributed by atoms with Crippen molar-refractivity contribution < 1.29 is 4.39 Å². The first-order valence-electron chi connectivity index (χ1n) is 8.21. The predicted molar refractivity (Wildman–Crippen MR) is 95.3 cm³/mol. The molecule has 0 aliphatic heterocycles. The van der Waals surface area contributed by atoms with Gasteiger partial charge in [-0.05, 0) is 47.9 Å². The first-order chi connectivity index (χ1) is 11.6. The van der Waals surface area contributed by atoms with Gasteiger partial charge in [-0.2, -0.15) is 5.10 Å². The summed E-state index contributed by atoms with van der Waals surface area (Å²) < 4.78 is 15.0. The van der Waals surface area contributed by atoms with Gasteiger partial charge in [0.2, 0.25) is 0 Å². The molecule has 0 radical (unpaired) electrons. The van der Waals surface area contributed by atoms with Gasteiger partial charge in [-0.3, -0.25) is 4.68 Å². The molecule has 0 bridgehead atoms. The molecule has 124 valence electrons. The van der Waals surface area contributed by atoms with Crippen molar-refractivity contribution in [3.05, 3.63) is 77.2 Å². The predicted octanol–water partition coefficient (Wildman–Crippen LogP) is 3.88. The average Bonchev–Trinajstić information content (AvgIpc) is 2.98. The second-order valence-electron chi connectivity index (χ2n) is 5.97. The van der Waals surface area contributed by atoms with Crippen molar-refractivity contribution in [2.24, 2.45) is 12.8 Å². The van der Waals surface area contributed by atoms with Crippen LogP contribution in [-0.4, -0.2) is 16.3 Å². The van der Waals surface area contributed by atoms with Gasteiger partial charge in [0.25, 0.3) is 0 Å². The summed E-state index contributed by atoms with van der Waals surface area (Å²) >= 11 is 0. The molecule has 1 atom stereocenters. The summed E-state index contributed by atoms with van der Waals surface area (Å²) in [7, 11) is 1.92. The molecule has 0 spiro atoms. The van der Waals surface area contributed by atoms with Crippen LogP contribution in [0.3, 0.4) is 0 Å². The van der Waals surface area contributed by atoms with Crippen LogP contribution in [0.25, 0.3) is 11.3 Å². The molecule has 3 rings (SSSR count). The van der Waals surface area contributed by atoms with Crippen LogP contribution >= 0.6 is 0 Å². The first kappa shape index (κ1) is 16.4. The topological polar surface area (TPSA) is 43.8 Å². The van der Waals surface area contributed by atoms with Crippen LogP contribution in [0.5, 0.6) is 0 Å². The number of hydrogen-bond donors (Lipinski definition) is 1. The molecule has 3 nitrogen and oxygen atoms in total. The van der Waals surface area contributed by atoms with E-state index in [0.29, 0.717) is 6.54 Å². The van der Waals surface area contributed by atoms with Gasteiger partial charge in [-0.15, -0.1) is 0 Å². The Labute approximate surface area is 141 Å². The van der Waals surface area contributed by atoms with Crippen LogP contribution in [0.15, 0.2) is 54.6 Å². The largest absolute Gasteiger partial charge is 0.329 e. The number of nitrogens with zero attached hydrogens (tertiary/aromatic N) is 2. The summed E-state index contributed by atoms with van der Waals surface area (Å²) in [6.07, 6.45) is 1.02. The van der Waals surface area contributed by atoms with Gasteiger partial charge in [0.1, 0.15) is 5.82 Å². The molecule has 0 aliphatic rings. The Morgan fingerprint density at radius 1 is 1.08 bits per heavy atom. The molecule has 24 heavy (non-hydrogen) atoms. The molecular formula is C20H22FN3. The highest BCUT2D eigenvalue weighted by Gasteiger charge is 2.18. The Morgan fingerprint density at radius 2 is 1.75 bits per heavy atom. The van der Waals surface area contributed by atoms with E-state index in [4.69, 9.17) is 5.73 Å². The molecule has 0 fully saturated rings. The van der Waals surface area contributed by atoms with E-state index in [-0.39, 0.29) is 11.7 Å². The van der Waals surface area contributed by atoms with E-state index in [1.165, 1.54) is 23.3 Å². The van der Waals surface area contributed by atoms with Crippen molar-refractivity contribution in [3.8, 4) is 11.3 Å². The van der Waals surface area contributed by atoms with E-state index in [9.17, 15) is 4.39 Å². The number of hydrogen-bond acceptors (Lipinski definition) is 2. The Hall–Kier alpha value is -2.46. The summed E-state index contributed by atoms with van der Waals surface area (Å²) in [5.41, 5.74) is 11.3. The van der Waals surface area contributed by atoms with Gasteiger partial charge in [0.05, 0.1) is 5.69 Å². The maximum atomic E-state index is 13.1. The van der Waals surface area contributed by atoms with Gasteiger partial charge in [0, 0.05) is 30.8 Å². The smallest absolute Gasteiger partial charge is 0.123 e. The van der Waals surface area contributed by atoms with Crippen molar-refractivity contribution in [2.75, 3.05) is 6.54 Å². The van der Waals surface area contributed by atoms with E-state index < -0.39 is 0 Å². The Bertz CT molecular complexity index is 804. The molecular weight excluding hydrogens is 301 g/mol. The fraction of sp³-hybridized carbons (Fsp3) is 0.250. The van der Waals surface area contributed by atoms with Gasteiger partial charge in [-0.1, -0.05) is 31.2 Å². The van der Waals surface area contributed by atoms with Crippen molar-refractivity contribution in [2.45, 2.75) is 19.3 Å². The van der Waals surface area contributed by atoms with E-state index in [1.807, 2.05) is 17.8 Å². The molecule has 0 saturated carbocycles. The fourth-order valence-electron chi connectivity index (χ4n) is 2.98. The second-order valence-corrected chi connectivity index (χ2v) is 5.97. The van der Waals surface area contributed by atoms with Crippen molar-refractivity contribution in [1.82, 2.24) is 9.78 Å². The average molecular weight is 323 g/mol. The third kappa shape index (κ3) is 3.24. The highest BCUT2D eigenvalue weighted by molar-refractivity contribution is 5.59. The molecule has 2 aromatic carbocycles. The Morgan fingerprint density at radius 3 is 2.33 bits per heavy atom. The highest BCUT2D eigenvalue weighted by atomic mass is 19.1. The van der Waals surface area contributed by atoms with Crippen LogP contribution in [0.1, 0.15) is 29.7 Å². The molecule has 1 aromatic heterocycles. The minimum atomic E-state index is -0.245. The number of nitrogens with two attached hydrogens (primary N) is 1. The zero-order valence-electron chi connectivity index (χ0n) is 14.0. The van der Waals surface area contributed by atoms with E-state index in [2.05, 4.69) is 36.3 Å². The van der Waals surface area contributed by atoms with Crippen LogP contribution < -0.4 is 5.73 Å². The molecule has 0 amide bonds. The van der Waals surface area contributed by atoms with Crippen molar-refractivity contribution in [1.29, 1.82) is 0 Å². The Kier molecular flexibility index (Phi) is 4.76. The molecule has 2 N–H and O–H groups in total. The quantitative estimate of drug-likeness (QED) is 0.774. The van der Waals surface area contributed by atoms with Crippen molar-refractivity contribution in [3.63, 3.8) is 0 Å². The summed E-state index contributed by atoms with van der Waals surface area (Å²) in [5, 5.41) is 4.58. The number of halogens is 1. The molecule has 0 saturated heterocycles. The zero-order valence-corrected chi connectivity index (χ0v) is 14.0. The lowest BCUT2D eigenvalue weighted by Crippen LogP contribution is -2.17. The summed E-state index contributed by atoms with van der Waals surface area (Å²) in [4.78, 5) is 0. The zero-order chi connectivity index (χ0) is 17.1. The third-order valence-corrected chi connectivity index (χ3v) is 4.44. The maximum absolute atomic E-state index is 13.1. The van der Waals surface area contributed by atoms with E-state index >= 15 is 0 Å². The lowest BCUT2D eigenvalue weighted by molar-refractivity contribution is 0.628. The van der Waals surface area contributed by atoms with Crippen LogP contribution in [0.4, 0.5) is 4.39 Å². The van der Waals surface area contributed by atoms with Gasteiger partial charge in [0.15, 0.2) is 0 Å². The normalized spacial score (nSPS) is 12.3. The van der Waals surface area contributed by atoms with Crippen LogP contribution in [-0.2, 0) is 13.5 Å². The molecule has 0 aliphatic carbocycles. The minimum absolute atomic E-state index is 0.0857. The lowest BCUT2D eigenvalue weighted by atomic mass is 9.94. The van der Waals surface area contributed by atoms with Crippen LogP contribution in [0.2, 0.25) is 0 Å². The molecule has 3 aromatic rings. The van der Waals surface area contributed by atoms with Crippen LogP contribution in [0, 0.1) is 5.82 Å². The standard InChI is InChI=1S/C20H22FN3/c1-3-14-4-6-15(7-5-14)18(13-22)20-12-19(23-24(20)2)16-8-10-17(21)11-9-16/h4-12,18H,3,13,22H2,1-2H3. The van der Waals surface area contributed by atoms with Crippen molar-refractivity contribution >= 4 is 0 Å². The number of rotatable bonds is 5. The lowest BCUT2D eigenvalue weighted by Gasteiger charge is -2.16.